The molecule has 1 unspecified atom stereocenters. The molecule has 0 radical (unpaired) electrons. The van der Waals surface area contributed by atoms with Crippen molar-refractivity contribution >= 4 is 12.1 Å². The highest BCUT2D eigenvalue weighted by atomic mass is 16.7. The van der Waals surface area contributed by atoms with E-state index >= 15 is 0 Å². The molecule has 1 aromatic carbocycles. The maximum atomic E-state index is 11.1. The predicted molar refractivity (Wildman–Crippen MR) is 69.3 cm³/mol. The minimum Gasteiger partial charge on any atom is -0.478 e. The Labute approximate surface area is 112 Å². The number of aryl methyl sites for hydroxylation is 1. The van der Waals surface area contributed by atoms with Crippen LogP contribution in [-0.4, -0.2) is 29.9 Å². The van der Waals surface area contributed by atoms with Gasteiger partial charge in [-0.3, -0.25) is 0 Å². The second kappa shape index (κ2) is 7.41. The molecule has 0 aliphatic heterocycles. The van der Waals surface area contributed by atoms with Crippen molar-refractivity contribution in [2.45, 2.75) is 32.8 Å². The van der Waals surface area contributed by atoms with Crippen molar-refractivity contribution < 1.29 is 24.2 Å². The molecule has 19 heavy (non-hydrogen) atoms. The van der Waals surface area contributed by atoms with Gasteiger partial charge < -0.3 is 14.6 Å². The minimum absolute atomic E-state index is 0.271. The van der Waals surface area contributed by atoms with Crippen LogP contribution in [-0.2, 0) is 15.9 Å². The van der Waals surface area contributed by atoms with E-state index in [2.05, 4.69) is 4.74 Å². The average Bonchev–Trinajstić information content (AvgIpc) is 2.36. The van der Waals surface area contributed by atoms with Gasteiger partial charge >= 0.3 is 12.1 Å². The molecule has 1 aromatic rings. The summed E-state index contributed by atoms with van der Waals surface area (Å²) in [5.74, 6) is -0.949. The molecule has 5 nitrogen and oxygen atoms in total. The van der Waals surface area contributed by atoms with Crippen LogP contribution in [0.2, 0.25) is 0 Å². The van der Waals surface area contributed by atoms with Crippen molar-refractivity contribution in [1.29, 1.82) is 0 Å². The molecule has 0 heterocycles. The summed E-state index contributed by atoms with van der Waals surface area (Å²) in [5.41, 5.74) is 1.01. The maximum Gasteiger partial charge on any atom is 0.508 e. The highest BCUT2D eigenvalue weighted by molar-refractivity contribution is 5.89. The molecular formula is C14H18O5. The molecule has 0 saturated heterocycles. The van der Waals surface area contributed by atoms with E-state index in [1.54, 1.807) is 38.1 Å². The van der Waals surface area contributed by atoms with Crippen LogP contribution in [0, 0.1) is 0 Å². The van der Waals surface area contributed by atoms with Crippen LogP contribution in [0.15, 0.2) is 24.3 Å². The Morgan fingerprint density at radius 2 is 2.00 bits per heavy atom. The fraction of sp³-hybridized carbons (Fsp3) is 0.429. The second-order valence-corrected chi connectivity index (χ2v) is 4.11. The summed E-state index contributed by atoms with van der Waals surface area (Å²) in [5, 5.41) is 9.04. The number of aromatic carboxylic acids is 1. The van der Waals surface area contributed by atoms with E-state index in [0.717, 1.165) is 5.56 Å². The summed E-state index contributed by atoms with van der Waals surface area (Å²) >= 11 is 0. The molecule has 0 aliphatic rings. The number of carboxylic acids is 1. The number of ether oxygens (including phenoxy) is 2. The van der Waals surface area contributed by atoms with Crippen LogP contribution in [0.3, 0.4) is 0 Å². The Morgan fingerprint density at radius 3 is 2.63 bits per heavy atom. The zero-order valence-corrected chi connectivity index (χ0v) is 11.1. The normalized spacial score (nSPS) is 11.7. The third kappa shape index (κ3) is 4.99. The lowest BCUT2D eigenvalue weighted by atomic mass is 10.0. The molecular weight excluding hydrogens is 248 g/mol. The first-order chi connectivity index (χ1) is 9.04. The first-order valence-corrected chi connectivity index (χ1v) is 6.19. The molecule has 1 N–H and O–H groups in total. The number of benzene rings is 1. The van der Waals surface area contributed by atoms with Gasteiger partial charge in [0.1, 0.15) is 6.10 Å². The molecule has 0 saturated carbocycles. The lowest BCUT2D eigenvalue weighted by molar-refractivity contribution is 0.0297. The number of hydrogen-bond acceptors (Lipinski definition) is 4. The van der Waals surface area contributed by atoms with Gasteiger partial charge in [0.2, 0.25) is 0 Å². The van der Waals surface area contributed by atoms with Crippen molar-refractivity contribution in [3.8, 4) is 0 Å². The largest absolute Gasteiger partial charge is 0.508 e. The Balaban J connectivity index is 2.52. The van der Waals surface area contributed by atoms with Crippen LogP contribution in [0.5, 0.6) is 0 Å². The number of carbonyl (C=O) groups excluding carboxylic acids is 1. The Morgan fingerprint density at radius 1 is 1.32 bits per heavy atom. The van der Waals surface area contributed by atoms with Crippen LogP contribution in [0.25, 0.3) is 0 Å². The van der Waals surface area contributed by atoms with Crippen molar-refractivity contribution in [1.82, 2.24) is 0 Å². The van der Waals surface area contributed by atoms with Gasteiger partial charge in [-0.05, 0) is 38.3 Å². The summed E-state index contributed by atoms with van der Waals surface area (Å²) in [4.78, 5) is 22.1. The van der Waals surface area contributed by atoms with Crippen molar-refractivity contribution in [3.05, 3.63) is 35.4 Å². The Kier molecular flexibility index (Phi) is 5.85. The van der Waals surface area contributed by atoms with Gasteiger partial charge in [-0.15, -0.1) is 0 Å². The van der Waals surface area contributed by atoms with Crippen LogP contribution in [0.1, 0.15) is 36.2 Å². The molecule has 104 valence electrons. The zero-order chi connectivity index (χ0) is 14.3. The molecule has 5 heteroatoms. The van der Waals surface area contributed by atoms with Gasteiger partial charge in [0.25, 0.3) is 0 Å². The van der Waals surface area contributed by atoms with Crippen molar-refractivity contribution in [2.75, 3.05) is 6.61 Å². The van der Waals surface area contributed by atoms with Crippen LogP contribution < -0.4 is 0 Å². The summed E-state index contributed by atoms with van der Waals surface area (Å²) in [7, 11) is 0. The van der Waals surface area contributed by atoms with Gasteiger partial charge in [-0.2, -0.15) is 0 Å². The summed E-state index contributed by atoms with van der Waals surface area (Å²) in [6, 6.07) is 6.80. The molecule has 0 aromatic heterocycles. The lowest BCUT2D eigenvalue weighted by Crippen LogP contribution is -2.17. The minimum atomic E-state index is -0.949. The molecule has 1 rings (SSSR count). The van der Waals surface area contributed by atoms with Gasteiger partial charge in [-0.25, -0.2) is 9.59 Å². The molecule has 0 spiro atoms. The number of carbonyl (C=O) groups is 2. The van der Waals surface area contributed by atoms with Gasteiger partial charge in [0.05, 0.1) is 12.2 Å². The highest BCUT2D eigenvalue weighted by Crippen LogP contribution is 2.13. The fourth-order valence-corrected chi connectivity index (χ4v) is 1.68. The van der Waals surface area contributed by atoms with E-state index in [1.165, 1.54) is 0 Å². The standard InChI is InChI=1S/C14H18O5/c1-3-18-14(17)19-10(2)8-9-11-6-4-5-7-12(11)13(15)16/h4-7,10H,3,8-9H2,1-2H3,(H,15,16). The SMILES string of the molecule is CCOC(=O)OC(C)CCc1ccccc1C(=O)O. The van der Waals surface area contributed by atoms with E-state index in [1.807, 2.05) is 0 Å². The van der Waals surface area contributed by atoms with E-state index in [4.69, 9.17) is 9.84 Å². The average molecular weight is 266 g/mol. The monoisotopic (exact) mass is 266 g/mol. The molecule has 0 fully saturated rings. The Hall–Kier alpha value is -2.04. The first kappa shape index (κ1) is 15.0. The topological polar surface area (TPSA) is 72.8 Å². The molecule has 0 aliphatic carbocycles. The zero-order valence-electron chi connectivity index (χ0n) is 11.1. The van der Waals surface area contributed by atoms with E-state index in [9.17, 15) is 9.59 Å². The van der Waals surface area contributed by atoms with E-state index in [0.29, 0.717) is 12.8 Å². The highest BCUT2D eigenvalue weighted by Gasteiger charge is 2.13. The number of carboxylic acid groups (broad SMARTS) is 1. The fourth-order valence-electron chi connectivity index (χ4n) is 1.68. The van der Waals surface area contributed by atoms with Crippen molar-refractivity contribution in [3.63, 3.8) is 0 Å². The third-order valence-corrected chi connectivity index (χ3v) is 2.63. The predicted octanol–water partition coefficient (Wildman–Crippen LogP) is 2.88. The first-order valence-electron chi connectivity index (χ1n) is 6.19. The van der Waals surface area contributed by atoms with Crippen molar-refractivity contribution in [2.24, 2.45) is 0 Å². The van der Waals surface area contributed by atoms with Gasteiger partial charge in [0.15, 0.2) is 0 Å². The van der Waals surface area contributed by atoms with E-state index in [-0.39, 0.29) is 18.3 Å². The quantitative estimate of drug-likeness (QED) is 0.801. The van der Waals surface area contributed by atoms with E-state index < -0.39 is 12.1 Å². The van der Waals surface area contributed by atoms with Gasteiger partial charge in [0, 0.05) is 0 Å². The van der Waals surface area contributed by atoms with Crippen LogP contribution >= 0.6 is 0 Å². The molecule has 0 bridgehead atoms. The molecule has 0 amide bonds. The molecule has 1 atom stereocenters. The second-order valence-electron chi connectivity index (χ2n) is 4.11. The Bertz CT molecular complexity index is 441. The lowest BCUT2D eigenvalue weighted by Gasteiger charge is -2.13. The third-order valence-electron chi connectivity index (χ3n) is 2.63. The summed E-state index contributed by atoms with van der Waals surface area (Å²) in [6.07, 6.45) is 0.0639. The van der Waals surface area contributed by atoms with Crippen LogP contribution in [0.4, 0.5) is 4.79 Å². The number of rotatable bonds is 6. The van der Waals surface area contributed by atoms with Gasteiger partial charge in [-0.1, -0.05) is 18.2 Å². The maximum absolute atomic E-state index is 11.1. The summed E-state index contributed by atoms with van der Waals surface area (Å²) in [6.45, 7) is 3.72. The summed E-state index contributed by atoms with van der Waals surface area (Å²) < 4.78 is 9.68. The number of hydrogen-bond donors (Lipinski definition) is 1. The smallest absolute Gasteiger partial charge is 0.478 e.